The maximum absolute atomic E-state index is 12.4. The minimum Gasteiger partial charge on any atom is -0.507 e. The van der Waals surface area contributed by atoms with Crippen molar-refractivity contribution in [2.75, 3.05) is 12.4 Å². The Hall–Kier alpha value is -3.03. The molecule has 0 saturated carbocycles. The molecule has 8 heteroatoms. The van der Waals surface area contributed by atoms with E-state index in [1.165, 1.54) is 24.3 Å². The van der Waals surface area contributed by atoms with Gasteiger partial charge >= 0.3 is 5.97 Å². The van der Waals surface area contributed by atoms with Crippen LogP contribution in [0.5, 0.6) is 11.5 Å². The number of carbonyl (C=O) groups is 1. The van der Waals surface area contributed by atoms with E-state index in [0.29, 0.717) is 22.9 Å². The lowest BCUT2D eigenvalue weighted by Crippen LogP contribution is -2.19. The summed E-state index contributed by atoms with van der Waals surface area (Å²) in [6, 6.07) is 18.5. The fourth-order valence-corrected chi connectivity index (χ4v) is 5.42. The Morgan fingerprint density at radius 1 is 0.889 bits per heavy atom. The second-order valence-electron chi connectivity index (χ2n) is 9.22. The SMILES string of the molecule is CC(C)(c1ccc(OCCCCCCS(=O)(=O)c2ccc(Cl)cc2)cc1)c1ccc(O)c(C(=O)O)c1. The zero-order valence-electron chi connectivity index (χ0n) is 20.4. The molecule has 2 N–H and O–H groups in total. The highest BCUT2D eigenvalue weighted by Gasteiger charge is 2.25. The first-order chi connectivity index (χ1) is 17.0. The molecule has 0 amide bonds. The number of hydrogen-bond acceptors (Lipinski definition) is 5. The highest BCUT2D eigenvalue weighted by molar-refractivity contribution is 7.91. The average molecular weight is 531 g/mol. The van der Waals surface area contributed by atoms with Gasteiger partial charge in [0.05, 0.1) is 17.3 Å². The van der Waals surface area contributed by atoms with Crippen LogP contribution < -0.4 is 4.74 Å². The molecule has 0 unspecified atom stereocenters. The van der Waals surface area contributed by atoms with Crippen LogP contribution in [0.25, 0.3) is 0 Å². The first-order valence-corrected chi connectivity index (χ1v) is 13.8. The Labute approximate surface area is 217 Å². The highest BCUT2D eigenvalue weighted by atomic mass is 35.5. The van der Waals surface area contributed by atoms with Crippen LogP contribution in [0.4, 0.5) is 0 Å². The van der Waals surface area contributed by atoms with Crippen LogP contribution in [0.2, 0.25) is 5.02 Å². The average Bonchev–Trinajstić information content (AvgIpc) is 2.84. The van der Waals surface area contributed by atoms with Crippen LogP contribution in [-0.2, 0) is 15.3 Å². The Kier molecular flexibility index (Phi) is 9.03. The van der Waals surface area contributed by atoms with Crippen LogP contribution in [0.1, 0.15) is 61.0 Å². The van der Waals surface area contributed by atoms with Crippen molar-refractivity contribution >= 4 is 27.4 Å². The molecule has 3 aromatic rings. The summed E-state index contributed by atoms with van der Waals surface area (Å²) in [7, 11) is -3.29. The maximum Gasteiger partial charge on any atom is 0.339 e. The predicted octanol–water partition coefficient (Wildman–Crippen LogP) is 6.48. The molecular formula is C28H31ClO6S. The number of halogens is 1. The normalized spacial score (nSPS) is 11.9. The van der Waals surface area contributed by atoms with Crippen molar-refractivity contribution in [3.63, 3.8) is 0 Å². The number of aromatic carboxylic acids is 1. The van der Waals surface area contributed by atoms with Crippen LogP contribution >= 0.6 is 11.6 Å². The Bertz CT molecular complexity index is 1280. The smallest absolute Gasteiger partial charge is 0.339 e. The summed E-state index contributed by atoms with van der Waals surface area (Å²) in [5.74, 6) is -0.579. The van der Waals surface area contributed by atoms with Gasteiger partial charge in [-0.05, 0) is 72.5 Å². The molecule has 6 nitrogen and oxygen atoms in total. The van der Waals surface area contributed by atoms with Crippen LogP contribution in [-0.4, -0.2) is 37.0 Å². The van der Waals surface area contributed by atoms with Gasteiger partial charge in [0.15, 0.2) is 9.84 Å². The quantitative estimate of drug-likeness (QED) is 0.260. The van der Waals surface area contributed by atoms with Crippen molar-refractivity contribution in [3.8, 4) is 11.5 Å². The van der Waals surface area contributed by atoms with E-state index < -0.39 is 21.2 Å². The number of carboxylic acid groups (broad SMARTS) is 1. The lowest BCUT2D eigenvalue weighted by Gasteiger charge is -2.27. The van der Waals surface area contributed by atoms with Gasteiger partial charge in [0.2, 0.25) is 0 Å². The summed E-state index contributed by atoms with van der Waals surface area (Å²) in [4.78, 5) is 11.7. The number of ether oxygens (including phenoxy) is 1. The topological polar surface area (TPSA) is 101 Å². The van der Waals surface area contributed by atoms with Gasteiger partial charge in [0, 0.05) is 10.4 Å². The minimum atomic E-state index is -3.29. The third-order valence-electron chi connectivity index (χ3n) is 6.27. The van der Waals surface area contributed by atoms with Crippen molar-refractivity contribution in [2.45, 2.75) is 49.8 Å². The van der Waals surface area contributed by atoms with E-state index >= 15 is 0 Å². The van der Waals surface area contributed by atoms with Crippen molar-refractivity contribution in [1.29, 1.82) is 0 Å². The van der Waals surface area contributed by atoms with Gasteiger partial charge in [-0.2, -0.15) is 0 Å². The van der Waals surface area contributed by atoms with Crippen molar-refractivity contribution in [1.82, 2.24) is 0 Å². The molecule has 0 aromatic heterocycles. The fraction of sp³-hybridized carbons (Fsp3) is 0.321. The summed E-state index contributed by atoms with van der Waals surface area (Å²) in [5.41, 5.74) is 1.18. The van der Waals surface area contributed by atoms with Crippen LogP contribution in [0, 0.1) is 0 Å². The van der Waals surface area contributed by atoms with Crippen molar-refractivity contribution in [2.24, 2.45) is 0 Å². The number of unbranched alkanes of at least 4 members (excludes halogenated alkanes) is 3. The monoisotopic (exact) mass is 530 g/mol. The van der Waals surface area contributed by atoms with Gasteiger partial charge in [-0.25, -0.2) is 13.2 Å². The Morgan fingerprint density at radius 2 is 1.50 bits per heavy atom. The van der Waals surface area contributed by atoms with Crippen molar-refractivity contribution in [3.05, 3.63) is 88.4 Å². The van der Waals surface area contributed by atoms with Gasteiger partial charge in [0.25, 0.3) is 0 Å². The Morgan fingerprint density at radius 3 is 2.14 bits per heavy atom. The molecule has 0 spiro atoms. The molecule has 36 heavy (non-hydrogen) atoms. The molecule has 3 rings (SSSR count). The molecule has 192 valence electrons. The maximum atomic E-state index is 12.4. The summed E-state index contributed by atoms with van der Waals surface area (Å²) < 4.78 is 30.6. The zero-order valence-corrected chi connectivity index (χ0v) is 22.0. The van der Waals surface area contributed by atoms with Gasteiger partial charge in [-0.3, -0.25) is 0 Å². The number of phenols is 1. The van der Waals surface area contributed by atoms with E-state index in [1.54, 1.807) is 18.2 Å². The van der Waals surface area contributed by atoms with E-state index in [9.17, 15) is 23.4 Å². The van der Waals surface area contributed by atoms with Crippen molar-refractivity contribution < 1.29 is 28.2 Å². The van der Waals surface area contributed by atoms with Crippen LogP contribution in [0.15, 0.2) is 71.6 Å². The van der Waals surface area contributed by atoms with E-state index in [0.717, 1.165) is 36.1 Å². The predicted molar refractivity (Wildman–Crippen MR) is 141 cm³/mol. The lowest BCUT2D eigenvalue weighted by molar-refractivity contribution is 0.0693. The zero-order chi connectivity index (χ0) is 26.3. The molecule has 3 aromatic carbocycles. The molecular weight excluding hydrogens is 500 g/mol. The summed E-state index contributed by atoms with van der Waals surface area (Å²) >= 11 is 5.82. The first kappa shape index (κ1) is 27.6. The molecule has 0 aliphatic carbocycles. The molecule has 0 radical (unpaired) electrons. The second-order valence-corrected chi connectivity index (χ2v) is 11.8. The number of sulfone groups is 1. The largest absolute Gasteiger partial charge is 0.507 e. The van der Waals surface area contributed by atoms with Gasteiger partial charge in [0.1, 0.15) is 17.1 Å². The molecule has 0 atom stereocenters. The number of aromatic hydroxyl groups is 1. The minimum absolute atomic E-state index is 0.113. The molecule has 0 heterocycles. The summed E-state index contributed by atoms with van der Waals surface area (Å²) in [5, 5.41) is 19.6. The number of rotatable bonds is 12. The summed E-state index contributed by atoms with van der Waals surface area (Å²) in [6.45, 7) is 4.52. The highest BCUT2D eigenvalue weighted by Crippen LogP contribution is 2.34. The van der Waals surface area contributed by atoms with E-state index in [1.807, 2.05) is 38.1 Å². The second kappa shape index (κ2) is 11.8. The van der Waals surface area contributed by atoms with Gasteiger partial charge in [-0.1, -0.05) is 56.5 Å². The molecule has 0 fully saturated rings. The molecule has 0 aliphatic rings. The van der Waals surface area contributed by atoms with Crippen LogP contribution in [0.3, 0.4) is 0 Å². The molecule has 0 bridgehead atoms. The molecule has 0 aliphatic heterocycles. The van der Waals surface area contributed by atoms with E-state index in [2.05, 4.69) is 0 Å². The van der Waals surface area contributed by atoms with Gasteiger partial charge < -0.3 is 14.9 Å². The number of hydrogen-bond donors (Lipinski definition) is 2. The lowest BCUT2D eigenvalue weighted by atomic mass is 9.77. The third kappa shape index (κ3) is 7.02. The first-order valence-electron chi connectivity index (χ1n) is 11.8. The fourth-order valence-electron chi connectivity index (χ4n) is 3.93. The summed E-state index contributed by atoms with van der Waals surface area (Å²) in [6.07, 6.45) is 3.08. The van der Waals surface area contributed by atoms with Gasteiger partial charge in [-0.15, -0.1) is 0 Å². The number of benzene rings is 3. The number of carboxylic acids is 1. The Balaban J connectivity index is 1.44. The standard InChI is InChI=1S/C28H31ClO6S/c1-28(2,21-9-16-26(30)25(19-21)27(31)32)20-7-12-23(13-8-20)35-17-5-3-4-6-18-36(33,34)24-14-10-22(29)11-15-24/h7-16,19,30H,3-6,17-18H2,1-2H3,(H,31,32). The van der Waals surface area contributed by atoms with E-state index in [4.69, 9.17) is 16.3 Å². The third-order valence-corrected chi connectivity index (χ3v) is 8.34. The molecule has 0 saturated heterocycles. The van der Waals surface area contributed by atoms with E-state index in [-0.39, 0.29) is 17.1 Å².